The molecule has 1 aliphatic rings. The van der Waals surface area contributed by atoms with Crippen molar-refractivity contribution in [2.75, 3.05) is 19.8 Å². The Labute approximate surface area is 62.0 Å². The first-order chi connectivity index (χ1) is 4.72. The zero-order chi connectivity index (χ0) is 7.56. The van der Waals surface area contributed by atoms with Crippen LogP contribution in [0.1, 0.15) is 13.8 Å². The molecule has 2 atom stereocenters. The van der Waals surface area contributed by atoms with Gasteiger partial charge in [-0.2, -0.15) is 0 Å². The second-order valence-corrected chi connectivity index (χ2v) is 3.15. The zero-order valence-electron chi connectivity index (χ0n) is 6.67. The van der Waals surface area contributed by atoms with Crippen LogP contribution in [0, 0.1) is 0 Å². The second kappa shape index (κ2) is 3.32. The molecule has 0 aliphatic carbocycles. The molecule has 1 fully saturated rings. The highest BCUT2D eigenvalue weighted by atomic mass is 16.3. The highest BCUT2D eigenvalue weighted by Crippen LogP contribution is 2.01. The van der Waals surface area contributed by atoms with Gasteiger partial charge in [-0.05, 0) is 13.8 Å². The summed E-state index contributed by atoms with van der Waals surface area (Å²) in [6.45, 7) is 6.38. The molecule has 0 saturated carbocycles. The van der Waals surface area contributed by atoms with E-state index >= 15 is 0 Å². The standard InChI is InChI=1S/C7H16N2O/c1-6-3-9(5-10)4-7(2)8-6/h6-8,10H,3-5H2,1-2H3. The van der Waals surface area contributed by atoms with E-state index < -0.39 is 0 Å². The molecule has 0 bridgehead atoms. The van der Waals surface area contributed by atoms with Crippen molar-refractivity contribution in [2.45, 2.75) is 25.9 Å². The van der Waals surface area contributed by atoms with Crippen molar-refractivity contribution < 1.29 is 5.11 Å². The molecule has 1 rings (SSSR count). The summed E-state index contributed by atoms with van der Waals surface area (Å²) in [7, 11) is 0. The molecule has 2 N–H and O–H groups in total. The van der Waals surface area contributed by atoms with Crippen LogP contribution in [-0.4, -0.2) is 41.9 Å². The topological polar surface area (TPSA) is 35.5 Å². The third kappa shape index (κ3) is 1.94. The first-order valence-electron chi connectivity index (χ1n) is 3.81. The third-order valence-corrected chi connectivity index (χ3v) is 1.83. The molecular weight excluding hydrogens is 128 g/mol. The van der Waals surface area contributed by atoms with E-state index in [9.17, 15) is 0 Å². The summed E-state index contributed by atoms with van der Waals surface area (Å²) < 4.78 is 0. The molecule has 0 aromatic carbocycles. The minimum absolute atomic E-state index is 0.191. The summed E-state index contributed by atoms with van der Waals surface area (Å²) >= 11 is 0. The van der Waals surface area contributed by atoms with Gasteiger partial charge in [-0.1, -0.05) is 0 Å². The quantitative estimate of drug-likeness (QED) is 0.526. The fraction of sp³-hybridized carbons (Fsp3) is 1.00. The summed E-state index contributed by atoms with van der Waals surface area (Å²) in [5, 5.41) is 12.2. The Kier molecular flexibility index (Phi) is 2.65. The van der Waals surface area contributed by atoms with Gasteiger partial charge in [0.05, 0.1) is 6.73 Å². The van der Waals surface area contributed by atoms with E-state index in [1.807, 2.05) is 4.90 Å². The van der Waals surface area contributed by atoms with Crippen LogP contribution >= 0.6 is 0 Å². The predicted octanol–water partition coefficient (Wildman–Crippen LogP) is -0.382. The van der Waals surface area contributed by atoms with Gasteiger partial charge in [0.1, 0.15) is 0 Å². The number of aliphatic hydroxyl groups excluding tert-OH is 1. The van der Waals surface area contributed by atoms with Gasteiger partial charge in [0.15, 0.2) is 0 Å². The highest BCUT2D eigenvalue weighted by Gasteiger charge is 2.19. The molecule has 2 unspecified atom stereocenters. The monoisotopic (exact) mass is 144 g/mol. The Hall–Kier alpha value is -0.120. The summed E-state index contributed by atoms with van der Waals surface area (Å²) in [6, 6.07) is 1.02. The van der Waals surface area contributed by atoms with Gasteiger partial charge < -0.3 is 10.4 Å². The minimum atomic E-state index is 0.191. The van der Waals surface area contributed by atoms with E-state index in [2.05, 4.69) is 19.2 Å². The Morgan fingerprint density at radius 3 is 2.30 bits per heavy atom. The molecule has 1 saturated heterocycles. The minimum Gasteiger partial charge on any atom is -0.381 e. The maximum absolute atomic E-state index is 8.82. The molecule has 60 valence electrons. The molecule has 0 amide bonds. The van der Waals surface area contributed by atoms with E-state index in [0.717, 1.165) is 13.1 Å². The number of nitrogens with zero attached hydrogens (tertiary/aromatic N) is 1. The first kappa shape index (κ1) is 7.98. The lowest BCUT2D eigenvalue weighted by atomic mass is 10.2. The fourth-order valence-electron chi connectivity index (χ4n) is 1.56. The summed E-state index contributed by atoms with van der Waals surface area (Å²) in [5.74, 6) is 0. The number of hydrogen-bond acceptors (Lipinski definition) is 3. The van der Waals surface area contributed by atoms with Gasteiger partial charge >= 0.3 is 0 Å². The molecular formula is C7H16N2O. The maximum Gasteiger partial charge on any atom is 0.0957 e. The number of nitrogens with one attached hydrogen (secondary N) is 1. The largest absolute Gasteiger partial charge is 0.381 e. The average Bonchev–Trinajstić information content (AvgIpc) is 1.85. The van der Waals surface area contributed by atoms with E-state index in [4.69, 9.17) is 5.11 Å². The molecule has 0 aromatic rings. The van der Waals surface area contributed by atoms with E-state index in [0.29, 0.717) is 12.1 Å². The lowest BCUT2D eigenvalue weighted by Crippen LogP contribution is -2.54. The van der Waals surface area contributed by atoms with Crippen molar-refractivity contribution in [1.29, 1.82) is 0 Å². The number of piperazine rings is 1. The van der Waals surface area contributed by atoms with Crippen LogP contribution in [0.25, 0.3) is 0 Å². The van der Waals surface area contributed by atoms with Crippen molar-refractivity contribution in [3.05, 3.63) is 0 Å². The normalized spacial score (nSPS) is 36.3. The third-order valence-electron chi connectivity index (χ3n) is 1.83. The van der Waals surface area contributed by atoms with Gasteiger partial charge in [0, 0.05) is 25.2 Å². The lowest BCUT2D eigenvalue weighted by molar-refractivity contribution is 0.0671. The Morgan fingerprint density at radius 1 is 1.40 bits per heavy atom. The fourth-order valence-corrected chi connectivity index (χ4v) is 1.56. The molecule has 3 heteroatoms. The van der Waals surface area contributed by atoms with Crippen molar-refractivity contribution >= 4 is 0 Å². The van der Waals surface area contributed by atoms with E-state index in [-0.39, 0.29) is 6.73 Å². The van der Waals surface area contributed by atoms with Crippen molar-refractivity contribution in [3.63, 3.8) is 0 Å². The highest BCUT2D eigenvalue weighted by molar-refractivity contribution is 4.79. The van der Waals surface area contributed by atoms with Crippen LogP contribution in [-0.2, 0) is 0 Å². The SMILES string of the molecule is CC1CN(CO)CC(C)N1. The van der Waals surface area contributed by atoms with Crippen LogP contribution in [0.4, 0.5) is 0 Å². The second-order valence-electron chi connectivity index (χ2n) is 3.15. The zero-order valence-corrected chi connectivity index (χ0v) is 6.67. The Balaban J connectivity index is 2.35. The Morgan fingerprint density at radius 2 is 1.90 bits per heavy atom. The van der Waals surface area contributed by atoms with Gasteiger partial charge in [0.25, 0.3) is 0 Å². The van der Waals surface area contributed by atoms with Crippen LogP contribution in [0.15, 0.2) is 0 Å². The molecule has 10 heavy (non-hydrogen) atoms. The van der Waals surface area contributed by atoms with Crippen LogP contribution in [0.2, 0.25) is 0 Å². The molecule has 0 spiro atoms. The van der Waals surface area contributed by atoms with Crippen LogP contribution < -0.4 is 5.32 Å². The Bertz CT molecular complexity index is 97.8. The number of rotatable bonds is 1. The molecule has 3 nitrogen and oxygen atoms in total. The van der Waals surface area contributed by atoms with E-state index in [1.54, 1.807) is 0 Å². The van der Waals surface area contributed by atoms with Gasteiger partial charge in [-0.15, -0.1) is 0 Å². The van der Waals surface area contributed by atoms with E-state index in [1.165, 1.54) is 0 Å². The number of hydrogen-bond donors (Lipinski definition) is 2. The van der Waals surface area contributed by atoms with Crippen LogP contribution in [0.5, 0.6) is 0 Å². The molecule has 0 aromatic heterocycles. The average molecular weight is 144 g/mol. The first-order valence-corrected chi connectivity index (χ1v) is 3.81. The van der Waals surface area contributed by atoms with Crippen molar-refractivity contribution in [3.8, 4) is 0 Å². The number of aliphatic hydroxyl groups is 1. The summed E-state index contributed by atoms with van der Waals surface area (Å²) in [5.41, 5.74) is 0. The smallest absolute Gasteiger partial charge is 0.0957 e. The summed E-state index contributed by atoms with van der Waals surface area (Å²) in [4.78, 5) is 2.05. The lowest BCUT2D eigenvalue weighted by Gasteiger charge is -2.34. The van der Waals surface area contributed by atoms with Crippen molar-refractivity contribution in [1.82, 2.24) is 10.2 Å². The van der Waals surface area contributed by atoms with Crippen molar-refractivity contribution in [2.24, 2.45) is 0 Å². The van der Waals surface area contributed by atoms with Gasteiger partial charge in [-0.25, -0.2) is 0 Å². The maximum atomic E-state index is 8.82. The molecule has 0 radical (unpaired) electrons. The summed E-state index contributed by atoms with van der Waals surface area (Å²) in [6.07, 6.45) is 0. The van der Waals surface area contributed by atoms with Gasteiger partial charge in [0.2, 0.25) is 0 Å². The molecule has 1 heterocycles. The molecule has 1 aliphatic heterocycles. The van der Waals surface area contributed by atoms with Gasteiger partial charge in [-0.3, -0.25) is 4.90 Å². The predicted molar refractivity (Wildman–Crippen MR) is 40.7 cm³/mol. The van der Waals surface area contributed by atoms with Crippen LogP contribution in [0.3, 0.4) is 0 Å².